The molecule has 0 fully saturated rings. The lowest BCUT2D eigenvalue weighted by Gasteiger charge is -2.40. The van der Waals surface area contributed by atoms with Crippen molar-refractivity contribution >= 4 is 5.78 Å². The van der Waals surface area contributed by atoms with E-state index in [0.717, 1.165) is 25.0 Å². The smallest absolute Gasteiger partial charge is 0.161 e. The number of allylic oxidation sites excluding steroid dienone is 2. The first-order valence-electron chi connectivity index (χ1n) is 5.88. The van der Waals surface area contributed by atoms with Crippen LogP contribution in [0.4, 0.5) is 0 Å². The van der Waals surface area contributed by atoms with Crippen molar-refractivity contribution in [3.63, 3.8) is 0 Å². The van der Waals surface area contributed by atoms with Gasteiger partial charge in [0, 0.05) is 11.8 Å². The third-order valence-electron chi connectivity index (χ3n) is 4.32. The summed E-state index contributed by atoms with van der Waals surface area (Å²) in [5.74, 6) is 1.75. The monoisotopic (exact) mass is 216 g/mol. The van der Waals surface area contributed by atoms with E-state index < -0.39 is 0 Å². The average molecular weight is 216 g/mol. The van der Waals surface area contributed by atoms with Crippen molar-refractivity contribution < 1.29 is 9.21 Å². The highest BCUT2D eigenvalue weighted by Gasteiger charge is 2.46. The lowest BCUT2D eigenvalue weighted by atomic mass is 9.61. The molecule has 2 aliphatic carbocycles. The molecule has 0 aromatic carbocycles. The first kappa shape index (κ1) is 9.88. The van der Waals surface area contributed by atoms with Crippen LogP contribution in [0.2, 0.25) is 0 Å². The molecule has 0 amide bonds. The highest BCUT2D eigenvalue weighted by molar-refractivity contribution is 5.96. The Morgan fingerprint density at radius 2 is 2.31 bits per heavy atom. The van der Waals surface area contributed by atoms with Crippen LogP contribution in [0.25, 0.3) is 0 Å². The number of carbonyl (C=O) groups is 1. The summed E-state index contributed by atoms with van der Waals surface area (Å²) in [5, 5.41) is 0. The molecule has 0 spiro atoms. The highest BCUT2D eigenvalue weighted by atomic mass is 16.3. The topological polar surface area (TPSA) is 30.2 Å². The minimum Gasteiger partial charge on any atom is -0.469 e. The zero-order valence-corrected chi connectivity index (χ0v) is 9.75. The summed E-state index contributed by atoms with van der Waals surface area (Å²) in [6, 6.07) is 0. The van der Waals surface area contributed by atoms with Gasteiger partial charge in [-0.05, 0) is 42.9 Å². The van der Waals surface area contributed by atoms with Crippen LogP contribution in [0.1, 0.15) is 30.2 Å². The number of fused-ring (bicyclic) bond motifs is 2. The van der Waals surface area contributed by atoms with Gasteiger partial charge in [-0.3, -0.25) is 4.79 Å². The summed E-state index contributed by atoms with van der Waals surface area (Å²) in [4.78, 5) is 12.0. The van der Waals surface area contributed by atoms with Crippen LogP contribution in [0.3, 0.4) is 0 Å². The summed E-state index contributed by atoms with van der Waals surface area (Å²) in [5.41, 5.74) is 2.34. The van der Waals surface area contributed by atoms with Crippen LogP contribution in [0.5, 0.6) is 0 Å². The van der Waals surface area contributed by atoms with E-state index in [9.17, 15) is 4.79 Å². The first-order valence-corrected chi connectivity index (χ1v) is 5.88. The molecule has 0 aliphatic heterocycles. The van der Waals surface area contributed by atoms with Gasteiger partial charge in [-0.2, -0.15) is 0 Å². The van der Waals surface area contributed by atoms with Crippen LogP contribution in [0.15, 0.2) is 22.8 Å². The molecule has 84 valence electrons. The molecule has 2 atom stereocenters. The van der Waals surface area contributed by atoms with Gasteiger partial charge >= 0.3 is 0 Å². The Balaban J connectivity index is 2.07. The second kappa shape index (κ2) is 3.09. The number of rotatable bonds is 0. The Labute approximate surface area is 95.3 Å². The Morgan fingerprint density at radius 1 is 1.50 bits per heavy atom. The first-order chi connectivity index (χ1) is 7.61. The van der Waals surface area contributed by atoms with E-state index in [1.54, 1.807) is 6.08 Å². The fourth-order valence-corrected chi connectivity index (χ4v) is 3.06. The fraction of sp³-hybridized carbons (Fsp3) is 0.500. The van der Waals surface area contributed by atoms with Crippen molar-refractivity contribution in [1.29, 1.82) is 0 Å². The van der Waals surface area contributed by atoms with Gasteiger partial charge in [0.25, 0.3) is 0 Å². The Hall–Kier alpha value is -1.31. The molecule has 1 unspecified atom stereocenters. The summed E-state index contributed by atoms with van der Waals surface area (Å²) in [7, 11) is 0. The standard InChI is InChI=1S/C14H16O2/c1-9-8-16-12-7-14(2)10(6-11(9)12)4-3-5-13(14)15/h3,5,8,10H,4,6-7H2,1-2H3/t10?,14-/m1/s1. The van der Waals surface area contributed by atoms with Crippen LogP contribution in [-0.2, 0) is 17.6 Å². The molecule has 1 aromatic heterocycles. The van der Waals surface area contributed by atoms with Gasteiger partial charge in [0.2, 0.25) is 0 Å². The van der Waals surface area contributed by atoms with Gasteiger partial charge in [0.1, 0.15) is 5.76 Å². The molecule has 2 aliphatic rings. The van der Waals surface area contributed by atoms with Gasteiger partial charge in [-0.1, -0.05) is 13.0 Å². The molecule has 0 N–H and O–H groups in total. The minimum atomic E-state index is -0.230. The van der Waals surface area contributed by atoms with E-state index in [1.165, 1.54) is 11.1 Å². The van der Waals surface area contributed by atoms with Gasteiger partial charge in [0.15, 0.2) is 5.78 Å². The van der Waals surface area contributed by atoms with Crippen LogP contribution in [-0.4, -0.2) is 5.78 Å². The third kappa shape index (κ3) is 1.16. The number of furan rings is 1. The molecule has 1 heterocycles. The molecule has 0 radical (unpaired) electrons. The molecule has 2 heteroatoms. The van der Waals surface area contributed by atoms with Gasteiger partial charge in [-0.15, -0.1) is 0 Å². The van der Waals surface area contributed by atoms with Gasteiger partial charge < -0.3 is 4.42 Å². The summed E-state index contributed by atoms with van der Waals surface area (Å²) in [6.07, 6.45) is 8.37. The molecule has 0 saturated heterocycles. The molecule has 2 nitrogen and oxygen atoms in total. The second-order valence-corrected chi connectivity index (χ2v) is 5.32. The van der Waals surface area contributed by atoms with Crippen molar-refractivity contribution in [2.45, 2.75) is 33.1 Å². The van der Waals surface area contributed by atoms with Crippen LogP contribution in [0, 0.1) is 18.3 Å². The summed E-state index contributed by atoms with van der Waals surface area (Å²) < 4.78 is 5.57. The predicted molar refractivity (Wildman–Crippen MR) is 61.2 cm³/mol. The maximum Gasteiger partial charge on any atom is 0.161 e. The number of carbonyl (C=O) groups excluding carboxylic acids is 1. The van der Waals surface area contributed by atoms with E-state index in [1.807, 2.05) is 12.3 Å². The van der Waals surface area contributed by atoms with Gasteiger partial charge in [0.05, 0.1) is 6.26 Å². The lowest BCUT2D eigenvalue weighted by molar-refractivity contribution is -0.127. The van der Waals surface area contributed by atoms with E-state index in [-0.39, 0.29) is 11.2 Å². The second-order valence-electron chi connectivity index (χ2n) is 5.32. The molecule has 0 bridgehead atoms. The molecule has 0 saturated carbocycles. The van der Waals surface area contributed by atoms with Crippen molar-refractivity contribution in [3.05, 3.63) is 35.3 Å². The predicted octanol–water partition coefficient (Wildman–Crippen LogP) is 2.84. The largest absolute Gasteiger partial charge is 0.469 e. The van der Waals surface area contributed by atoms with E-state index >= 15 is 0 Å². The number of hydrogen-bond donors (Lipinski definition) is 0. The van der Waals surface area contributed by atoms with Crippen molar-refractivity contribution in [3.8, 4) is 0 Å². The number of aryl methyl sites for hydroxylation is 1. The Morgan fingerprint density at radius 3 is 3.12 bits per heavy atom. The van der Waals surface area contributed by atoms with Crippen molar-refractivity contribution in [2.75, 3.05) is 0 Å². The van der Waals surface area contributed by atoms with Gasteiger partial charge in [-0.25, -0.2) is 0 Å². The fourth-order valence-electron chi connectivity index (χ4n) is 3.06. The Kier molecular flexibility index (Phi) is 1.91. The maximum absolute atomic E-state index is 12.0. The van der Waals surface area contributed by atoms with E-state index in [2.05, 4.69) is 13.8 Å². The molecule has 3 rings (SSSR count). The summed E-state index contributed by atoms with van der Waals surface area (Å²) >= 11 is 0. The van der Waals surface area contributed by atoms with Crippen LogP contribution < -0.4 is 0 Å². The highest BCUT2D eigenvalue weighted by Crippen LogP contribution is 2.45. The summed E-state index contributed by atoms with van der Waals surface area (Å²) in [6.45, 7) is 4.18. The molecule has 1 aromatic rings. The molecular formula is C14H16O2. The zero-order chi connectivity index (χ0) is 11.3. The van der Waals surface area contributed by atoms with Crippen LogP contribution >= 0.6 is 0 Å². The molecular weight excluding hydrogens is 200 g/mol. The normalized spacial score (nSPS) is 32.4. The average Bonchev–Trinajstić information content (AvgIpc) is 2.59. The minimum absolute atomic E-state index is 0.230. The van der Waals surface area contributed by atoms with E-state index in [0.29, 0.717) is 5.92 Å². The quantitative estimate of drug-likeness (QED) is 0.667. The SMILES string of the molecule is Cc1coc2c1CC1CC=CC(=O)[C@]1(C)C2. The van der Waals surface area contributed by atoms with Crippen molar-refractivity contribution in [2.24, 2.45) is 11.3 Å². The number of ketones is 1. The third-order valence-corrected chi connectivity index (χ3v) is 4.32. The lowest BCUT2D eigenvalue weighted by Crippen LogP contribution is -2.42. The Bertz CT molecular complexity index is 481. The van der Waals surface area contributed by atoms with E-state index in [4.69, 9.17) is 4.42 Å². The zero-order valence-electron chi connectivity index (χ0n) is 9.75. The molecule has 16 heavy (non-hydrogen) atoms. The van der Waals surface area contributed by atoms with Crippen molar-refractivity contribution in [1.82, 2.24) is 0 Å². The maximum atomic E-state index is 12.0. The number of hydrogen-bond acceptors (Lipinski definition) is 2.